The molecule has 0 aromatic heterocycles. The summed E-state index contributed by atoms with van der Waals surface area (Å²) in [7, 11) is 2.06. The number of carbonyl (C=O) groups is 1. The van der Waals surface area contributed by atoms with Crippen LogP contribution in [0.2, 0.25) is 0 Å². The summed E-state index contributed by atoms with van der Waals surface area (Å²) in [6, 6.07) is 5.39. The summed E-state index contributed by atoms with van der Waals surface area (Å²) >= 11 is 0. The molecule has 1 aromatic rings. The molecule has 2 saturated heterocycles. The van der Waals surface area contributed by atoms with Crippen LogP contribution in [-0.2, 0) is 16.6 Å². The van der Waals surface area contributed by atoms with Gasteiger partial charge >= 0.3 is 6.09 Å². The van der Waals surface area contributed by atoms with Gasteiger partial charge in [-0.1, -0.05) is 6.07 Å². The summed E-state index contributed by atoms with van der Waals surface area (Å²) in [5, 5.41) is 24.8. The molecule has 1 aromatic carbocycles. The van der Waals surface area contributed by atoms with Gasteiger partial charge in [-0.3, -0.25) is 0 Å². The Morgan fingerprint density at radius 3 is 3.04 bits per heavy atom. The van der Waals surface area contributed by atoms with E-state index in [2.05, 4.69) is 17.3 Å². The van der Waals surface area contributed by atoms with Gasteiger partial charge in [0.2, 0.25) is 0 Å². The van der Waals surface area contributed by atoms with Crippen molar-refractivity contribution in [3.05, 3.63) is 29.3 Å². The zero-order valence-electron chi connectivity index (χ0n) is 13.7. The van der Waals surface area contributed by atoms with Crippen LogP contribution in [0.15, 0.2) is 18.2 Å². The van der Waals surface area contributed by atoms with Crippen LogP contribution in [-0.4, -0.2) is 58.6 Å². The first-order valence-electron chi connectivity index (χ1n) is 8.65. The van der Waals surface area contributed by atoms with Gasteiger partial charge in [0.25, 0.3) is 0 Å². The van der Waals surface area contributed by atoms with Crippen molar-refractivity contribution in [2.45, 2.75) is 54.9 Å². The van der Waals surface area contributed by atoms with Crippen LogP contribution in [0, 0.1) is 0 Å². The first-order valence-corrected chi connectivity index (χ1v) is 8.65. The van der Waals surface area contributed by atoms with Crippen molar-refractivity contribution < 1.29 is 19.7 Å². The van der Waals surface area contributed by atoms with Crippen molar-refractivity contribution in [3.8, 4) is 5.75 Å². The van der Waals surface area contributed by atoms with E-state index in [0.717, 1.165) is 24.9 Å². The van der Waals surface area contributed by atoms with E-state index in [-0.39, 0.29) is 30.0 Å². The number of benzene rings is 1. The minimum atomic E-state index is -0.928. The van der Waals surface area contributed by atoms with Crippen LogP contribution < -0.4 is 5.32 Å². The number of nitrogens with one attached hydrogen (secondary N) is 1. The molecule has 5 atom stereocenters. The van der Waals surface area contributed by atoms with Gasteiger partial charge in [-0.25, -0.2) is 4.79 Å². The van der Waals surface area contributed by atoms with Gasteiger partial charge in [-0.15, -0.1) is 0 Å². The summed E-state index contributed by atoms with van der Waals surface area (Å²) < 4.78 is 5.48. The number of alkyl carbamates (subject to hydrolysis) is 1. The normalized spacial score (nSPS) is 43.2. The minimum Gasteiger partial charge on any atom is -0.508 e. The van der Waals surface area contributed by atoms with E-state index in [9.17, 15) is 15.0 Å². The molecule has 3 fully saturated rings. The lowest BCUT2D eigenvalue weighted by Crippen LogP contribution is -2.75. The summed E-state index contributed by atoms with van der Waals surface area (Å²) in [6.07, 6.45) is 2.06. The second-order valence-electron chi connectivity index (χ2n) is 7.90. The molecule has 128 valence electrons. The van der Waals surface area contributed by atoms with Crippen molar-refractivity contribution >= 4 is 6.09 Å². The molecule has 24 heavy (non-hydrogen) atoms. The highest BCUT2D eigenvalue weighted by atomic mass is 16.6. The highest BCUT2D eigenvalue weighted by molar-refractivity contribution is 5.70. The fraction of sp³-hybridized carbons (Fsp3) is 0.611. The first-order chi connectivity index (χ1) is 11.4. The van der Waals surface area contributed by atoms with Gasteiger partial charge in [-0.05, 0) is 56.1 Å². The number of aliphatic hydroxyl groups is 1. The van der Waals surface area contributed by atoms with Crippen molar-refractivity contribution in [2.75, 3.05) is 13.6 Å². The Morgan fingerprint density at radius 2 is 2.21 bits per heavy atom. The molecular weight excluding hydrogens is 308 g/mol. The van der Waals surface area contributed by atoms with E-state index >= 15 is 0 Å². The summed E-state index contributed by atoms with van der Waals surface area (Å²) in [6.45, 7) is 0.890. The smallest absolute Gasteiger partial charge is 0.407 e. The number of nitrogens with zero attached hydrogens (tertiary/aromatic N) is 1. The zero-order chi connectivity index (χ0) is 16.7. The zero-order valence-corrected chi connectivity index (χ0v) is 13.7. The number of aromatic hydroxyl groups is 1. The summed E-state index contributed by atoms with van der Waals surface area (Å²) in [5.41, 5.74) is 0.827. The Bertz CT molecular complexity index is 738. The number of phenols is 1. The predicted octanol–water partition coefficient (Wildman–Crippen LogP) is 0.892. The fourth-order valence-electron chi connectivity index (χ4n) is 5.78. The van der Waals surface area contributed by atoms with Gasteiger partial charge < -0.3 is 25.2 Å². The maximum absolute atomic E-state index is 11.9. The Kier molecular flexibility index (Phi) is 2.69. The number of rotatable bonds is 0. The van der Waals surface area contributed by atoms with Crippen LogP contribution >= 0.6 is 0 Å². The second kappa shape index (κ2) is 4.43. The molecule has 5 rings (SSSR count). The van der Waals surface area contributed by atoms with Crippen LogP contribution in [0.4, 0.5) is 4.79 Å². The molecule has 0 spiro atoms. The lowest BCUT2D eigenvalue weighted by molar-refractivity contribution is -0.177. The Hall–Kier alpha value is -1.79. The molecule has 3 N–H and O–H groups in total. The van der Waals surface area contributed by atoms with E-state index in [1.165, 1.54) is 5.56 Å². The van der Waals surface area contributed by atoms with Crippen molar-refractivity contribution in [1.82, 2.24) is 10.2 Å². The standard InChI is InChI=1S/C18H22N2O4/c1-20-5-4-17-9-14-13(19-16(22)24-14)8-18(17,23)15(20)6-10-2-3-11(21)7-12(10)17/h2-3,7,13-15,21,23H,4-6,8-9H2,1H3,(H,19,22)/t13-,14-,15+,17?,18+/m0/s1. The number of ether oxygens (including phenoxy) is 1. The van der Waals surface area contributed by atoms with Gasteiger partial charge in [0.05, 0.1) is 11.6 Å². The van der Waals surface area contributed by atoms with Crippen molar-refractivity contribution in [3.63, 3.8) is 0 Å². The molecule has 4 aliphatic rings. The highest BCUT2D eigenvalue weighted by Crippen LogP contribution is 2.59. The lowest BCUT2D eigenvalue weighted by Gasteiger charge is -2.64. The van der Waals surface area contributed by atoms with Crippen LogP contribution in [0.25, 0.3) is 0 Å². The molecular formula is C18H22N2O4. The highest BCUT2D eigenvalue weighted by Gasteiger charge is 2.67. The number of hydrogen-bond donors (Lipinski definition) is 3. The molecule has 2 aliphatic carbocycles. The Labute approximate surface area is 140 Å². The third-order valence-electron chi connectivity index (χ3n) is 6.92. The topological polar surface area (TPSA) is 82.0 Å². The van der Waals surface area contributed by atoms with E-state index < -0.39 is 11.0 Å². The minimum absolute atomic E-state index is 0.0155. The molecule has 6 heteroatoms. The quantitative estimate of drug-likeness (QED) is 0.658. The number of fused-ring (bicyclic) bond motifs is 2. The number of likely N-dealkylation sites (tertiary alicyclic amines) is 1. The number of hydrogen-bond acceptors (Lipinski definition) is 5. The Morgan fingerprint density at radius 1 is 1.38 bits per heavy atom. The number of phenolic OH excluding ortho intramolecular Hbond substituents is 1. The number of amides is 1. The first kappa shape index (κ1) is 14.5. The van der Waals surface area contributed by atoms with E-state index in [4.69, 9.17) is 4.74 Å². The Balaban J connectivity index is 1.71. The number of piperidine rings is 1. The molecule has 2 aliphatic heterocycles. The van der Waals surface area contributed by atoms with Crippen molar-refractivity contribution in [1.29, 1.82) is 0 Å². The molecule has 0 radical (unpaired) electrons. The summed E-state index contributed by atoms with van der Waals surface area (Å²) in [5.74, 6) is 0.228. The molecule has 1 amide bonds. The average Bonchev–Trinajstić information content (AvgIpc) is 2.87. The van der Waals surface area contributed by atoms with Gasteiger partial charge in [-0.2, -0.15) is 0 Å². The molecule has 1 unspecified atom stereocenters. The third kappa shape index (κ3) is 1.60. The fourth-order valence-corrected chi connectivity index (χ4v) is 5.78. The molecule has 2 bridgehead atoms. The lowest BCUT2D eigenvalue weighted by atomic mass is 9.48. The van der Waals surface area contributed by atoms with Gasteiger partial charge in [0, 0.05) is 17.9 Å². The maximum Gasteiger partial charge on any atom is 0.407 e. The van der Waals surface area contributed by atoms with Crippen LogP contribution in [0.5, 0.6) is 5.75 Å². The average molecular weight is 330 g/mol. The van der Waals surface area contributed by atoms with E-state index in [1.807, 2.05) is 12.1 Å². The molecule has 2 heterocycles. The van der Waals surface area contributed by atoms with Crippen LogP contribution in [0.3, 0.4) is 0 Å². The SMILES string of the molecule is CN1CCC23C[C@@H]4OC(=O)N[C@H]4C[C@@]2(O)[C@H]1Cc1ccc(O)cc13. The van der Waals surface area contributed by atoms with Crippen molar-refractivity contribution in [2.24, 2.45) is 0 Å². The monoisotopic (exact) mass is 330 g/mol. The van der Waals surface area contributed by atoms with E-state index in [1.54, 1.807) is 6.07 Å². The summed E-state index contributed by atoms with van der Waals surface area (Å²) in [4.78, 5) is 13.9. The van der Waals surface area contributed by atoms with Gasteiger partial charge in [0.15, 0.2) is 0 Å². The van der Waals surface area contributed by atoms with E-state index in [0.29, 0.717) is 12.8 Å². The molecule has 1 saturated carbocycles. The van der Waals surface area contributed by atoms with Gasteiger partial charge in [0.1, 0.15) is 11.9 Å². The van der Waals surface area contributed by atoms with Crippen LogP contribution in [0.1, 0.15) is 30.4 Å². The molecule has 6 nitrogen and oxygen atoms in total. The number of likely N-dealkylation sites (N-methyl/N-ethyl adjacent to an activating group) is 1. The second-order valence-corrected chi connectivity index (χ2v) is 7.90. The third-order valence-corrected chi connectivity index (χ3v) is 6.92. The maximum atomic E-state index is 11.9. The number of carbonyl (C=O) groups excluding carboxylic acids is 1. The largest absolute Gasteiger partial charge is 0.508 e. The predicted molar refractivity (Wildman–Crippen MR) is 85.9 cm³/mol.